The Labute approximate surface area is 188 Å². The monoisotopic (exact) mass is 457 g/mol. The lowest BCUT2D eigenvalue weighted by Gasteiger charge is -2.10. The number of amides is 1. The highest BCUT2D eigenvalue weighted by Crippen LogP contribution is 2.34. The minimum atomic E-state index is -0.839. The van der Waals surface area contributed by atoms with Gasteiger partial charge in [0.2, 0.25) is 0 Å². The van der Waals surface area contributed by atoms with Gasteiger partial charge in [0.15, 0.2) is 12.3 Å². The molecule has 1 amide bonds. The number of carbonyl (C=O) groups excluding carboxylic acids is 3. The van der Waals surface area contributed by atoms with Crippen molar-refractivity contribution in [1.29, 1.82) is 0 Å². The van der Waals surface area contributed by atoms with Crippen LogP contribution in [0, 0.1) is 6.92 Å². The number of hydrogen-bond acceptors (Lipinski definition) is 8. The maximum absolute atomic E-state index is 12.6. The van der Waals surface area contributed by atoms with Crippen molar-refractivity contribution in [3.8, 4) is 0 Å². The second-order valence-corrected chi connectivity index (χ2v) is 8.09. The zero-order valence-electron chi connectivity index (χ0n) is 18.2. The number of nitrogens with zero attached hydrogens (tertiary/aromatic N) is 2. The first-order chi connectivity index (χ1) is 15.3. The summed E-state index contributed by atoms with van der Waals surface area (Å²) in [5, 5.41) is 7.63. The van der Waals surface area contributed by atoms with E-state index in [0.717, 1.165) is 15.1 Å². The van der Waals surface area contributed by atoms with Gasteiger partial charge in [0, 0.05) is 17.3 Å². The molecule has 168 valence electrons. The van der Waals surface area contributed by atoms with Crippen molar-refractivity contribution in [2.24, 2.45) is 7.05 Å². The van der Waals surface area contributed by atoms with Crippen LogP contribution in [0.5, 0.6) is 0 Å². The SMILES string of the molecule is CCOC(=O)c1c(NC(=O)COC(=O)c2nn(C)c(=O)c3ccccc23)sc(C)c1CC. The van der Waals surface area contributed by atoms with Gasteiger partial charge in [-0.25, -0.2) is 14.3 Å². The Morgan fingerprint density at radius 3 is 2.44 bits per heavy atom. The van der Waals surface area contributed by atoms with Crippen molar-refractivity contribution in [1.82, 2.24) is 9.78 Å². The highest BCUT2D eigenvalue weighted by molar-refractivity contribution is 7.16. The summed E-state index contributed by atoms with van der Waals surface area (Å²) in [6.07, 6.45) is 0.604. The van der Waals surface area contributed by atoms with Crippen LogP contribution in [-0.4, -0.2) is 40.8 Å². The number of esters is 2. The number of rotatable bonds is 7. The van der Waals surface area contributed by atoms with E-state index >= 15 is 0 Å². The van der Waals surface area contributed by atoms with Gasteiger partial charge in [-0.3, -0.25) is 9.59 Å². The van der Waals surface area contributed by atoms with Gasteiger partial charge >= 0.3 is 11.9 Å². The van der Waals surface area contributed by atoms with E-state index in [2.05, 4.69) is 10.4 Å². The number of ether oxygens (including phenoxy) is 2. The summed E-state index contributed by atoms with van der Waals surface area (Å²) in [6, 6.07) is 6.53. The Morgan fingerprint density at radius 1 is 1.09 bits per heavy atom. The van der Waals surface area contributed by atoms with Gasteiger partial charge in [-0.1, -0.05) is 25.1 Å². The summed E-state index contributed by atoms with van der Waals surface area (Å²) in [7, 11) is 1.43. The smallest absolute Gasteiger partial charge is 0.359 e. The molecule has 0 saturated heterocycles. The number of aromatic nitrogens is 2. The lowest BCUT2D eigenvalue weighted by Crippen LogP contribution is -2.26. The van der Waals surface area contributed by atoms with E-state index in [1.54, 1.807) is 31.2 Å². The maximum atomic E-state index is 12.6. The third-order valence-electron chi connectivity index (χ3n) is 4.78. The van der Waals surface area contributed by atoms with Gasteiger partial charge in [-0.2, -0.15) is 5.10 Å². The van der Waals surface area contributed by atoms with Gasteiger partial charge in [-0.05, 0) is 31.9 Å². The van der Waals surface area contributed by atoms with Crippen LogP contribution in [0.3, 0.4) is 0 Å². The number of carbonyl (C=O) groups is 3. The van der Waals surface area contributed by atoms with E-state index in [-0.39, 0.29) is 17.9 Å². The third-order valence-corrected chi connectivity index (χ3v) is 5.84. The average molecular weight is 458 g/mol. The normalized spacial score (nSPS) is 10.8. The van der Waals surface area contributed by atoms with Gasteiger partial charge in [0.05, 0.1) is 17.6 Å². The fourth-order valence-corrected chi connectivity index (χ4v) is 4.47. The van der Waals surface area contributed by atoms with Gasteiger partial charge in [-0.15, -0.1) is 11.3 Å². The zero-order valence-corrected chi connectivity index (χ0v) is 19.0. The summed E-state index contributed by atoms with van der Waals surface area (Å²) >= 11 is 1.26. The first-order valence-electron chi connectivity index (χ1n) is 10.0. The quantitative estimate of drug-likeness (QED) is 0.542. The van der Waals surface area contributed by atoms with Gasteiger partial charge < -0.3 is 14.8 Å². The fraction of sp³-hybridized carbons (Fsp3) is 0.318. The van der Waals surface area contributed by atoms with Crippen LogP contribution < -0.4 is 10.9 Å². The number of anilines is 1. The van der Waals surface area contributed by atoms with Gasteiger partial charge in [0.25, 0.3) is 11.5 Å². The maximum Gasteiger partial charge on any atom is 0.359 e. The van der Waals surface area contributed by atoms with Crippen molar-refractivity contribution in [2.45, 2.75) is 27.2 Å². The number of aryl methyl sites for hydroxylation is 2. The molecule has 3 rings (SSSR count). The van der Waals surface area contributed by atoms with Crippen molar-refractivity contribution < 1.29 is 23.9 Å². The largest absolute Gasteiger partial charge is 0.462 e. The summed E-state index contributed by atoms with van der Waals surface area (Å²) in [5.74, 6) is -1.96. The van der Waals surface area contributed by atoms with E-state index in [4.69, 9.17) is 9.47 Å². The molecule has 0 aliphatic heterocycles. The van der Waals surface area contributed by atoms with Gasteiger partial charge in [0.1, 0.15) is 5.00 Å². The first-order valence-corrected chi connectivity index (χ1v) is 10.8. The Hall–Kier alpha value is -3.53. The lowest BCUT2D eigenvalue weighted by molar-refractivity contribution is -0.119. The third kappa shape index (κ3) is 4.54. The van der Waals surface area contributed by atoms with Crippen molar-refractivity contribution >= 4 is 45.0 Å². The number of benzene rings is 1. The first kappa shape index (κ1) is 23.1. The van der Waals surface area contributed by atoms with E-state index in [0.29, 0.717) is 27.8 Å². The molecule has 0 fully saturated rings. The summed E-state index contributed by atoms with van der Waals surface area (Å²) < 4.78 is 11.3. The molecule has 2 aromatic heterocycles. The molecule has 0 aliphatic rings. The molecule has 0 unspecified atom stereocenters. The molecule has 32 heavy (non-hydrogen) atoms. The molecule has 0 spiro atoms. The summed E-state index contributed by atoms with van der Waals surface area (Å²) in [4.78, 5) is 50.5. The number of nitrogens with one attached hydrogen (secondary N) is 1. The van der Waals surface area contributed by atoms with Crippen molar-refractivity contribution in [3.05, 3.63) is 56.3 Å². The molecule has 3 aromatic rings. The molecule has 0 radical (unpaired) electrons. The molecule has 9 nitrogen and oxygen atoms in total. The van der Waals surface area contributed by atoms with E-state index in [9.17, 15) is 19.2 Å². The average Bonchev–Trinajstić information content (AvgIpc) is 3.09. The minimum absolute atomic E-state index is 0.0667. The predicted molar refractivity (Wildman–Crippen MR) is 120 cm³/mol. The van der Waals surface area contributed by atoms with Crippen LogP contribution in [0.15, 0.2) is 29.1 Å². The van der Waals surface area contributed by atoms with Crippen LogP contribution in [0.2, 0.25) is 0 Å². The van der Waals surface area contributed by atoms with Crippen LogP contribution in [-0.2, 0) is 27.7 Å². The highest BCUT2D eigenvalue weighted by Gasteiger charge is 2.24. The van der Waals surface area contributed by atoms with Crippen LogP contribution in [0.4, 0.5) is 5.00 Å². The van der Waals surface area contributed by atoms with E-state index in [1.807, 2.05) is 13.8 Å². The zero-order chi connectivity index (χ0) is 23.4. The molecule has 0 bridgehead atoms. The molecule has 10 heteroatoms. The van der Waals surface area contributed by atoms with E-state index in [1.165, 1.54) is 18.4 Å². The topological polar surface area (TPSA) is 117 Å². The Balaban J connectivity index is 1.77. The number of hydrogen-bond donors (Lipinski definition) is 1. The molecule has 1 N–H and O–H groups in total. The summed E-state index contributed by atoms with van der Waals surface area (Å²) in [6.45, 7) is 5.10. The van der Waals surface area contributed by atoms with Crippen LogP contribution in [0.1, 0.15) is 45.1 Å². The minimum Gasteiger partial charge on any atom is -0.462 e. The second kappa shape index (κ2) is 9.73. The predicted octanol–water partition coefficient (Wildman–Crippen LogP) is 2.84. The Morgan fingerprint density at radius 2 is 1.78 bits per heavy atom. The Bertz CT molecular complexity index is 1260. The second-order valence-electron chi connectivity index (χ2n) is 6.86. The highest BCUT2D eigenvalue weighted by atomic mass is 32.1. The van der Waals surface area contributed by atoms with Crippen molar-refractivity contribution in [3.63, 3.8) is 0 Å². The van der Waals surface area contributed by atoms with E-state index < -0.39 is 24.5 Å². The molecule has 1 aromatic carbocycles. The molecule has 0 saturated carbocycles. The standard InChI is InChI=1S/C22H23N3O6S/c1-5-13-12(3)32-19(17(13)21(28)30-6-2)23-16(26)11-31-22(29)18-14-9-7-8-10-15(14)20(27)25(4)24-18/h7-10H,5-6,11H2,1-4H3,(H,23,26). The van der Waals surface area contributed by atoms with Crippen molar-refractivity contribution in [2.75, 3.05) is 18.5 Å². The lowest BCUT2D eigenvalue weighted by atomic mass is 10.1. The molecule has 0 aliphatic carbocycles. The molecular formula is C22H23N3O6S. The Kier molecular flexibility index (Phi) is 7.04. The molecular weight excluding hydrogens is 434 g/mol. The van der Waals surface area contributed by atoms with Crippen LogP contribution >= 0.6 is 11.3 Å². The van der Waals surface area contributed by atoms with Crippen LogP contribution in [0.25, 0.3) is 10.8 Å². The molecule has 2 heterocycles. The molecule has 0 atom stereocenters. The number of thiophene rings is 1. The summed E-state index contributed by atoms with van der Waals surface area (Å²) in [5.41, 5.74) is 0.716. The fourth-order valence-electron chi connectivity index (χ4n) is 3.32. The number of fused-ring (bicyclic) bond motifs is 1.